The summed E-state index contributed by atoms with van der Waals surface area (Å²) in [6, 6.07) is 23.8. The number of ketones is 1. The minimum Gasteiger partial charge on any atom is -0.279 e. The van der Waals surface area contributed by atoms with Crippen LogP contribution in [0.4, 0.5) is 5.69 Å². The Hall–Kier alpha value is -3.07. The average molecular weight is 410 g/mol. The third-order valence-electron chi connectivity index (χ3n) is 3.94. The van der Waals surface area contributed by atoms with Crippen molar-refractivity contribution in [2.45, 2.75) is 11.8 Å². The van der Waals surface area contributed by atoms with E-state index in [-0.39, 0.29) is 15.5 Å². The molecule has 0 amide bonds. The summed E-state index contributed by atoms with van der Waals surface area (Å²) >= 11 is 6.03. The first kappa shape index (κ1) is 19.7. The lowest BCUT2D eigenvalue weighted by molar-refractivity contribution is 0.105. The molecular weight excluding hydrogens is 394 g/mol. The van der Waals surface area contributed by atoms with Crippen LogP contribution in [0.15, 0.2) is 83.8 Å². The summed E-state index contributed by atoms with van der Waals surface area (Å²) in [5.74, 6) is 1.83. The molecule has 0 aromatic heterocycles. The van der Waals surface area contributed by atoms with Gasteiger partial charge in [0.15, 0.2) is 0 Å². The number of rotatable bonds is 4. The van der Waals surface area contributed by atoms with Gasteiger partial charge in [0, 0.05) is 17.5 Å². The molecule has 0 atom stereocenters. The minimum absolute atomic E-state index is 0.0847. The van der Waals surface area contributed by atoms with Crippen molar-refractivity contribution >= 4 is 33.1 Å². The zero-order valence-corrected chi connectivity index (χ0v) is 16.5. The van der Waals surface area contributed by atoms with Gasteiger partial charge < -0.3 is 0 Å². The Bertz CT molecular complexity index is 1160. The number of benzene rings is 3. The second kappa shape index (κ2) is 8.30. The lowest BCUT2D eigenvalue weighted by Crippen LogP contribution is -2.26. The lowest BCUT2D eigenvalue weighted by Gasteiger charge is -2.18. The fraction of sp³-hybridized carbons (Fsp3) is 0.0455. The molecule has 140 valence electrons. The van der Waals surface area contributed by atoms with E-state index >= 15 is 0 Å². The summed E-state index contributed by atoms with van der Waals surface area (Å²) in [4.78, 5) is 12.5. The van der Waals surface area contributed by atoms with Gasteiger partial charge in [-0.05, 0) is 43.3 Å². The molecule has 3 aromatic carbocycles. The van der Waals surface area contributed by atoms with Crippen molar-refractivity contribution < 1.29 is 13.2 Å². The number of para-hydroxylation sites is 1. The van der Waals surface area contributed by atoms with Crippen LogP contribution in [0.3, 0.4) is 0 Å². The monoisotopic (exact) mass is 409 g/mol. The van der Waals surface area contributed by atoms with Crippen LogP contribution in [0.2, 0.25) is 5.02 Å². The van der Waals surface area contributed by atoms with E-state index in [0.717, 1.165) is 9.87 Å². The number of carbonyl (C=O) groups excluding carboxylic acids is 1. The quantitative estimate of drug-likeness (QED) is 0.357. The Labute approximate surface area is 169 Å². The fourth-order valence-electron chi connectivity index (χ4n) is 2.46. The second-order valence-corrected chi connectivity index (χ2v) is 8.16. The van der Waals surface area contributed by atoms with E-state index in [1.807, 2.05) is 6.92 Å². The van der Waals surface area contributed by atoms with Gasteiger partial charge in [-0.1, -0.05) is 59.6 Å². The summed E-state index contributed by atoms with van der Waals surface area (Å²) in [6.45, 7) is 1.87. The zero-order chi connectivity index (χ0) is 20.1. The van der Waals surface area contributed by atoms with Crippen molar-refractivity contribution in [3.63, 3.8) is 0 Å². The maximum Gasteiger partial charge on any atom is 0.275 e. The Morgan fingerprint density at radius 2 is 1.50 bits per heavy atom. The first-order valence-electron chi connectivity index (χ1n) is 8.37. The van der Waals surface area contributed by atoms with Gasteiger partial charge in [0.2, 0.25) is 5.78 Å². The van der Waals surface area contributed by atoms with Gasteiger partial charge in [0.05, 0.1) is 15.6 Å². The summed E-state index contributed by atoms with van der Waals surface area (Å²) in [7, 11) is -3.98. The van der Waals surface area contributed by atoms with Crippen LogP contribution < -0.4 is 4.31 Å². The predicted molar refractivity (Wildman–Crippen MR) is 111 cm³/mol. The molecule has 0 saturated heterocycles. The maximum absolute atomic E-state index is 13.1. The largest absolute Gasteiger partial charge is 0.279 e. The summed E-state index contributed by atoms with van der Waals surface area (Å²) in [6.07, 6.45) is 0. The highest BCUT2D eigenvalue weighted by molar-refractivity contribution is 7.93. The van der Waals surface area contributed by atoms with E-state index in [9.17, 15) is 13.2 Å². The van der Waals surface area contributed by atoms with Crippen LogP contribution in [-0.4, -0.2) is 14.2 Å². The van der Waals surface area contributed by atoms with Gasteiger partial charge in [0.25, 0.3) is 10.0 Å². The smallest absolute Gasteiger partial charge is 0.275 e. The summed E-state index contributed by atoms with van der Waals surface area (Å²) in [5.41, 5.74) is 1.49. The second-order valence-electron chi connectivity index (χ2n) is 5.96. The van der Waals surface area contributed by atoms with Crippen LogP contribution >= 0.6 is 11.6 Å². The van der Waals surface area contributed by atoms with Crippen molar-refractivity contribution in [1.29, 1.82) is 0 Å². The molecule has 0 unspecified atom stereocenters. The van der Waals surface area contributed by atoms with Crippen molar-refractivity contribution in [2.24, 2.45) is 0 Å². The zero-order valence-electron chi connectivity index (χ0n) is 15.0. The first-order chi connectivity index (χ1) is 13.4. The average Bonchev–Trinajstić information content (AvgIpc) is 2.69. The number of sulfonamides is 1. The van der Waals surface area contributed by atoms with E-state index in [0.29, 0.717) is 5.69 Å². The minimum atomic E-state index is -3.98. The molecule has 0 aliphatic carbocycles. The van der Waals surface area contributed by atoms with Gasteiger partial charge in [0.1, 0.15) is 0 Å². The summed E-state index contributed by atoms with van der Waals surface area (Å²) in [5, 5.41) is 0.259. The SMILES string of the molecule is Cc1ccc(S(=O)(=O)N(C#CC(=O)c2ccccc2Cl)c2ccccc2)cc1. The van der Waals surface area contributed by atoms with Crippen molar-refractivity contribution in [3.8, 4) is 12.0 Å². The van der Waals surface area contributed by atoms with E-state index < -0.39 is 15.8 Å². The van der Waals surface area contributed by atoms with E-state index in [1.54, 1.807) is 66.7 Å². The highest BCUT2D eigenvalue weighted by Crippen LogP contribution is 2.23. The predicted octanol–water partition coefficient (Wildman–Crippen LogP) is 4.69. The number of hydrogen-bond donors (Lipinski definition) is 0. The number of anilines is 1. The maximum atomic E-state index is 13.1. The van der Waals surface area contributed by atoms with Crippen LogP contribution in [0, 0.1) is 18.9 Å². The molecule has 3 aromatic rings. The lowest BCUT2D eigenvalue weighted by atomic mass is 10.1. The third kappa shape index (κ3) is 4.25. The molecular formula is C22H16ClNO3S. The van der Waals surface area contributed by atoms with Crippen molar-refractivity contribution in [3.05, 3.63) is 95.0 Å². The van der Waals surface area contributed by atoms with E-state index in [4.69, 9.17) is 11.6 Å². The highest BCUT2D eigenvalue weighted by Gasteiger charge is 2.24. The third-order valence-corrected chi connectivity index (χ3v) is 5.92. The van der Waals surface area contributed by atoms with Gasteiger partial charge in [-0.25, -0.2) is 8.42 Å². The Kier molecular flexibility index (Phi) is 5.84. The molecule has 0 fully saturated rings. The first-order valence-corrected chi connectivity index (χ1v) is 10.2. The van der Waals surface area contributed by atoms with Crippen molar-refractivity contribution in [1.82, 2.24) is 0 Å². The highest BCUT2D eigenvalue weighted by atomic mass is 35.5. The number of nitrogens with zero attached hydrogens (tertiary/aromatic N) is 1. The molecule has 0 heterocycles. The Morgan fingerprint density at radius 3 is 2.14 bits per heavy atom. The molecule has 0 aliphatic rings. The normalized spacial score (nSPS) is 10.6. The molecule has 0 spiro atoms. The van der Waals surface area contributed by atoms with E-state index in [2.05, 4.69) is 12.0 Å². The Morgan fingerprint density at radius 1 is 0.893 bits per heavy atom. The number of hydrogen-bond acceptors (Lipinski definition) is 3. The number of aryl methyl sites for hydroxylation is 1. The van der Waals surface area contributed by atoms with Crippen LogP contribution in [0.1, 0.15) is 15.9 Å². The van der Waals surface area contributed by atoms with Crippen LogP contribution in [0.25, 0.3) is 0 Å². The molecule has 0 radical (unpaired) electrons. The van der Waals surface area contributed by atoms with Crippen molar-refractivity contribution in [2.75, 3.05) is 4.31 Å². The number of carbonyl (C=O) groups is 1. The molecule has 4 nitrogen and oxygen atoms in total. The van der Waals surface area contributed by atoms with Crippen LogP contribution in [0.5, 0.6) is 0 Å². The standard InChI is InChI=1S/C22H16ClNO3S/c1-17-11-13-19(14-12-17)28(26,27)24(18-7-3-2-4-8-18)16-15-22(25)20-9-5-6-10-21(20)23/h2-14H,1H3. The van der Waals surface area contributed by atoms with Crippen LogP contribution in [-0.2, 0) is 10.0 Å². The Balaban J connectivity index is 2.06. The topological polar surface area (TPSA) is 54.5 Å². The number of Topliss-reactive ketones (excluding diaryl/α,β-unsaturated/α-hetero) is 1. The van der Waals surface area contributed by atoms with Gasteiger partial charge in [-0.15, -0.1) is 0 Å². The molecule has 0 aliphatic heterocycles. The van der Waals surface area contributed by atoms with Gasteiger partial charge in [-0.3, -0.25) is 4.79 Å². The molecule has 0 N–H and O–H groups in total. The molecule has 3 rings (SSSR count). The van der Waals surface area contributed by atoms with Gasteiger partial charge >= 0.3 is 0 Å². The molecule has 0 saturated carbocycles. The summed E-state index contributed by atoms with van der Waals surface area (Å²) < 4.78 is 27.2. The van der Waals surface area contributed by atoms with E-state index in [1.165, 1.54) is 12.1 Å². The number of halogens is 1. The van der Waals surface area contributed by atoms with Gasteiger partial charge in [-0.2, -0.15) is 4.31 Å². The molecule has 28 heavy (non-hydrogen) atoms. The fourth-order valence-corrected chi connectivity index (χ4v) is 3.93. The molecule has 0 bridgehead atoms. The molecule has 6 heteroatoms.